The molecule has 0 fully saturated rings. The molecule has 1 heterocycles. The second-order valence-corrected chi connectivity index (χ2v) is 5.29. The lowest BCUT2D eigenvalue weighted by Gasteiger charge is -2.06. The van der Waals surface area contributed by atoms with Crippen molar-refractivity contribution in [2.45, 2.75) is 13.8 Å². The van der Waals surface area contributed by atoms with E-state index in [4.69, 9.17) is 0 Å². The summed E-state index contributed by atoms with van der Waals surface area (Å²) >= 11 is 0. The van der Waals surface area contributed by atoms with Gasteiger partial charge in [-0.3, -0.25) is 0 Å². The molecule has 0 unspecified atom stereocenters. The van der Waals surface area contributed by atoms with Crippen LogP contribution in [0.25, 0.3) is 16.9 Å². The maximum absolute atomic E-state index is 11.3. The third-order valence-corrected chi connectivity index (χ3v) is 3.80. The van der Waals surface area contributed by atoms with E-state index in [0.717, 1.165) is 11.3 Å². The summed E-state index contributed by atoms with van der Waals surface area (Å²) in [4.78, 5) is 15.7. The van der Waals surface area contributed by atoms with Gasteiger partial charge in [0.1, 0.15) is 0 Å². The van der Waals surface area contributed by atoms with E-state index in [-0.39, 0.29) is 5.56 Å². The molecule has 0 saturated heterocycles. The molecular formula is C18H16N2O2. The number of hydrogen-bond donors (Lipinski definition) is 1. The van der Waals surface area contributed by atoms with Crippen LogP contribution in [0.3, 0.4) is 0 Å². The molecule has 0 atom stereocenters. The summed E-state index contributed by atoms with van der Waals surface area (Å²) in [5.74, 6) is -0.947. The Balaban J connectivity index is 2.04. The number of rotatable bonds is 3. The minimum atomic E-state index is -0.947. The zero-order chi connectivity index (χ0) is 15.7. The minimum absolute atomic E-state index is 0.256. The van der Waals surface area contributed by atoms with E-state index in [1.807, 2.05) is 18.3 Å². The van der Waals surface area contributed by atoms with Gasteiger partial charge in [0.05, 0.1) is 23.3 Å². The van der Waals surface area contributed by atoms with Crippen molar-refractivity contribution in [3.8, 4) is 16.9 Å². The van der Waals surface area contributed by atoms with Gasteiger partial charge >= 0.3 is 5.97 Å². The number of imidazole rings is 1. The van der Waals surface area contributed by atoms with Crippen LogP contribution in [-0.4, -0.2) is 20.6 Å². The van der Waals surface area contributed by atoms with Gasteiger partial charge in [-0.2, -0.15) is 0 Å². The van der Waals surface area contributed by atoms with Crippen LogP contribution < -0.4 is 0 Å². The molecule has 0 aliphatic rings. The first-order chi connectivity index (χ1) is 10.6. The molecule has 1 aromatic heterocycles. The predicted octanol–water partition coefficient (Wildman–Crippen LogP) is 3.85. The molecule has 0 spiro atoms. The van der Waals surface area contributed by atoms with Crippen molar-refractivity contribution in [3.63, 3.8) is 0 Å². The number of aryl methyl sites for hydroxylation is 2. The predicted molar refractivity (Wildman–Crippen MR) is 85.4 cm³/mol. The van der Waals surface area contributed by atoms with E-state index in [1.165, 1.54) is 11.1 Å². The fourth-order valence-corrected chi connectivity index (χ4v) is 2.38. The monoisotopic (exact) mass is 292 g/mol. The van der Waals surface area contributed by atoms with Gasteiger partial charge in [-0.05, 0) is 43.2 Å². The summed E-state index contributed by atoms with van der Waals surface area (Å²) in [6, 6.07) is 13.1. The summed E-state index contributed by atoms with van der Waals surface area (Å²) in [6.45, 7) is 4.14. The van der Waals surface area contributed by atoms with E-state index in [2.05, 4.69) is 31.0 Å². The number of carbonyl (C=O) groups is 1. The van der Waals surface area contributed by atoms with Crippen LogP contribution in [0.5, 0.6) is 0 Å². The average Bonchev–Trinajstić information content (AvgIpc) is 3.00. The number of carboxylic acid groups (broad SMARTS) is 1. The highest BCUT2D eigenvalue weighted by atomic mass is 16.4. The molecule has 0 bridgehead atoms. The first-order valence-electron chi connectivity index (χ1n) is 7.00. The lowest BCUT2D eigenvalue weighted by atomic mass is 10.0. The van der Waals surface area contributed by atoms with Gasteiger partial charge in [-0.15, -0.1) is 0 Å². The van der Waals surface area contributed by atoms with Crippen molar-refractivity contribution in [2.75, 3.05) is 0 Å². The Morgan fingerprint density at radius 1 is 1.09 bits per heavy atom. The Bertz CT molecular complexity index is 850. The molecule has 4 heteroatoms. The largest absolute Gasteiger partial charge is 0.478 e. The zero-order valence-corrected chi connectivity index (χ0v) is 12.4. The first-order valence-corrected chi connectivity index (χ1v) is 7.00. The Kier molecular flexibility index (Phi) is 3.51. The maximum Gasteiger partial charge on any atom is 0.337 e. The fraction of sp³-hybridized carbons (Fsp3) is 0.111. The highest BCUT2D eigenvalue weighted by Gasteiger charge is 2.12. The van der Waals surface area contributed by atoms with Crippen molar-refractivity contribution < 1.29 is 9.90 Å². The van der Waals surface area contributed by atoms with E-state index in [0.29, 0.717) is 5.69 Å². The maximum atomic E-state index is 11.3. The minimum Gasteiger partial charge on any atom is -0.478 e. The van der Waals surface area contributed by atoms with Crippen molar-refractivity contribution in [3.05, 3.63) is 71.7 Å². The van der Waals surface area contributed by atoms with E-state index >= 15 is 0 Å². The van der Waals surface area contributed by atoms with Gasteiger partial charge in [-0.1, -0.05) is 24.3 Å². The fourth-order valence-electron chi connectivity index (χ4n) is 2.38. The van der Waals surface area contributed by atoms with Crippen molar-refractivity contribution in [1.82, 2.24) is 9.55 Å². The van der Waals surface area contributed by atoms with Crippen LogP contribution in [0.15, 0.2) is 55.0 Å². The summed E-state index contributed by atoms with van der Waals surface area (Å²) in [6.07, 6.45) is 3.50. The van der Waals surface area contributed by atoms with Gasteiger partial charge < -0.3 is 9.67 Å². The number of aromatic carboxylic acids is 1. The summed E-state index contributed by atoms with van der Waals surface area (Å²) in [5, 5.41) is 9.28. The Morgan fingerprint density at radius 2 is 1.86 bits per heavy atom. The quantitative estimate of drug-likeness (QED) is 0.797. The first kappa shape index (κ1) is 14.1. The van der Waals surface area contributed by atoms with Gasteiger partial charge in [0.2, 0.25) is 0 Å². The van der Waals surface area contributed by atoms with Crippen molar-refractivity contribution in [2.24, 2.45) is 0 Å². The molecule has 3 rings (SSSR count). The molecular weight excluding hydrogens is 276 g/mol. The molecule has 110 valence electrons. The molecule has 2 aromatic carbocycles. The highest BCUT2D eigenvalue weighted by Crippen LogP contribution is 2.23. The van der Waals surface area contributed by atoms with Crippen LogP contribution in [0.2, 0.25) is 0 Å². The molecule has 3 aromatic rings. The summed E-state index contributed by atoms with van der Waals surface area (Å²) in [5.41, 5.74) is 5.15. The number of nitrogens with zero attached hydrogens (tertiary/aromatic N) is 2. The number of hydrogen-bond acceptors (Lipinski definition) is 2. The number of benzene rings is 2. The second-order valence-electron chi connectivity index (χ2n) is 5.29. The van der Waals surface area contributed by atoms with Gasteiger partial charge in [-0.25, -0.2) is 9.78 Å². The Hall–Kier alpha value is -2.88. The molecule has 0 aliphatic carbocycles. The number of aromatic nitrogens is 2. The van der Waals surface area contributed by atoms with Crippen LogP contribution in [0, 0.1) is 13.8 Å². The van der Waals surface area contributed by atoms with Crippen LogP contribution in [0.1, 0.15) is 21.5 Å². The van der Waals surface area contributed by atoms with Crippen LogP contribution >= 0.6 is 0 Å². The number of para-hydroxylation sites is 1. The SMILES string of the molecule is Cc1ccc(-c2cn(-c3ccccc3C(=O)O)cn2)cc1C. The van der Waals surface area contributed by atoms with Crippen molar-refractivity contribution in [1.29, 1.82) is 0 Å². The smallest absolute Gasteiger partial charge is 0.337 e. The molecule has 22 heavy (non-hydrogen) atoms. The normalized spacial score (nSPS) is 10.6. The average molecular weight is 292 g/mol. The second kappa shape index (κ2) is 5.48. The molecule has 0 aliphatic heterocycles. The molecule has 0 radical (unpaired) electrons. The summed E-state index contributed by atoms with van der Waals surface area (Å²) in [7, 11) is 0. The van der Waals surface area contributed by atoms with E-state index < -0.39 is 5.97 Å². The lowest BCUT2D eigenvalue weighted by molar-refractivity contribution is 0.0697. The molecule has 1 N–H and O–H groups in total. The number of carboxylic acids is 1. The summed E-state index contributed by atoms with van der Waals surface area (Å²) < 4.78 is 1.74. The Labute approximate surface area is 128 Å². The zero-order valence-electron chi connectivity index (χ0n) is 12.4. The standard InChI is InChI=1S/C18H16N2O2/c1-12-7-8-14(9-13(12)2)16-10-20(11-19-16)17-6-4-3-5-15(17)18(21)22/h3-11H,1-2H3,(H,21,22). The lowest BCUT2D eigenvalue weighted by Crippen LogP contribution is -2.03. The van der Waals surface area contributed by atoms with E-state index in [1.54, 1.807) is 29.1 Å². The van der Waals surface area contributed by atoms with Gasteiger partial charge in [0.25, 0.3) is 0 Å². The third kappa shape index (κ3) is 2.51. The van der Waals surface area contributed by atoms with Gasteiger partial charge in [0.15, 0.2) is 0 Å². The van der Waals surface area contributed by atoms with Crippen LogP contribution in [-0.2, 0) is 0 Å². The van der Waals surface area contributed by atoms with Gasteiger partial charge in [0, 0.05) is 11.8 Å². The van der Waals surface area contributed by atoms with Crippen LogP contribution in [0.4, 0.5) is 0 Å². The Morgan fingerprint density at radius 3 is 2.59 bits per heavy atom. The topological polar surface area (TPSA) is 55.1 Å². The molecule has 0 saturated carbocycles. The molecule has 4 nitrogen and oxygen atoms in total. The molecule has 0 amide bonds. The highest BCUT2D eigenvalue weighted by molar-refractivity contribution is 5.92. The third-order valence-electron chi connectivity index (χ3n) is 3.80. The van der Waals surface area contributed by atoms with Crippen molar-refractivity contribution >= 4 is 5.97 Å². The van der Waals surface area contributed by atoms with E-state index in [9.17, 15) is 9.90 Å².